The van der Waals surface area contributed by atoms with Gasteiger partial charge < -0.3 is 14.8 Å². The summed E-state index contributed by atoms with van der Waals surface area (Å²) in [5.41, 5.74) is 1.55. The Morgan fingerprint density at radius 2 is 2.07 bits per heavy atom. The molecule has 0 saturated carbocycles. The molecule has 0 saturated heterocycles. The van der Waals surface area contributed by atoms with E-state index in [-0.39, 0.29) is 24.3 Å². The fraction of sp³-hybridized carbons (Fsp3) is 0.500. The third-order valence-electron chi connectivity index (χ3n) is 4.72. The van der Waals surface area contributed by atoms with Crippen LogP contribution in [-0.2, 0) is 29.1 Å². The van der Waals surface area contributed by atoms with Crippen LogP contribution in [0.1, 0.15) is 50.4 Å². The monoisotopic (exact) mass is 369 g/mol. The highest BCUT2D eigenvalue weighted by Gasteiger charge is 2.29. The maximum atomic E-state index is 12.5. The fourth-order valence-corrected chi connectivity index (χ4v) is 3.36. The van der Waals surface area contributed by atoms with E-state index in [1.165, 1.54) is 0 Å². The van der Waals surface area contributed by atoms with Gasteiger partial charge in [-0.25, -0.2) is 4.98 Å². The molecule has 2 aromatic rings. The molecule has 1 aliphatic heterocycles. The topological polar surface area (TPSA) is 80.1 Å². The molecule has 3 heterocycles. The predicted molar refractivity (Wildman–Crippen MR) is 102 cm³/mol. The summed E-state index contributed by atoms with van der Waals surface area (Å²) in [6.07, 6.45) is 4.41. The summed E-state index contributed by atoms with van der Waals surface area (Å²) in [7, 11) is 0. The van der Waals surface area contributed by atoms with Crippen molar-refractivity contribution in [2.75, 3.05) is 6.54 Å². The van der Waals surface area contributed by atoms with Crippen LogP contribution in [0.4, 0.5) is 0 Å². The van der Waals surface area contributed by atoms with Crippen molar-refractivity contribution in [1.29, 1.82) is 0 Å². The number of pyridine rings is 1. The number of hydrogen-bond donors (Lipinski definition) is 1. The number of amides is 2. The zero-order valence-corrected chi connectivity index (χ0v) is 16.2. The molecule has 27 heavy (non-hydrogen) atoms. The van der Waals surface area contributed by atoms with Crippen LogP contribution in [0.5, 0.6) is 0 Å². The van der Waals surface area contributed by atoms with Crippen molar-refractivity contribution in [3.05, 3.63) is 47.8 Å². The SMILES string of the molecule is CC(C)CC(=O)N1CCn2cc(CC(=O)NCc3ccccn3)nc2[C@@H]1C. The summed E-state index contributed by atoms with van der Waals surface area (Å²) in [6, 6.07) is 5.54. The van der Waals surface area contributed by atoms with E-state index in [0.717, 1.165) is 17.2 Å². The highest BCUT2D eigenvalue weighted by molar-refractivity contribution is 5.78. The van der Waals surface area contributed by atoms with Crippen molar-refractivity contribution < 1.29 is 9.59 Å². The predicted octanol–water partition coefficient (Wildman–Crippen LogP) is 2.09. The molecule has 2 amide bonds. The average Bonchev–Trinajstić information content (AvgIpc) is 3.04. The Bertz CT molecular complexity index is 800. The van der Waals surface area contributed by atoms with Gasteiger partial charge in [-0.2, -0.15) is 0 Å². The number of carbonyl (C=O) groups is 2. The molecular weight excluding hydrogens is 342 g/mol. The molecule has 0 aromatic carbocycles. The molecule has 0 aliphatic carbocycles. The van der Waals surface area contributed by atoms with Crippen molar-refractivity contribution in [2.24, 2.45) is 5.92 Å². The Labute approximate surface area is 159 Å². The van der Waals surface area contributed by atoms with Gasteiger partial charge in [-0.3, -0.25) is 14.6 Å². The maximum Gasteiger partial charge on any atom is 0.226 e. The lowest BCUT2D eigenvalue weighted by molar-refractivity contribution is -0.135. The molecule has 0 radical (unpaired) electrons. The molecule has 0 unspecified atom stereocenters. The van der Waals surface area contributed by atoms with Crippen molar-refractivity contribution in [1.82, 2.24) is 24.8 Å². The average molecular weight is 369 g/mol. The van der Waals surface area contributed by atoms with Gasteiger partial charge in [-0.05, 0) is 25.0 Å². The molecule has 7 nitrogen and oxygen atoms in total. The van der Waals surface area contributed by atoms with Gasteiger partial charge in [-0.15, -0.1) is 0 Å². The Balaban J connectivity index is 1.60. The molecule has 3 rings (SSSR count). The van der Waals surface area contributed by atoms with E-state index in [1.54, 1.807) is 6.20 Å². The Hall–Kier alpha value is -2.70. The molecular formula is C20H27N5O2. The quantitative estimate of drug-likeness (QED) is 0.845. The highest BCUT2D eigenvalue weighted by Crippen LogP contribution is 2.26. The minimum absolute atomic E-state index is 0.0738. The number of nitrogens with one attached hydrogen (secondary N) is 1. The molecule has 1 aliphatic rings. The Morgan fingerprint density at radius 1 is 1.26 bits per heavy atom. The minimum atomic E-state index is -0.0866. The summed E-state index contributed by atoms with van der Waals surface area (Å²) >= 11 is 0. The maximum absolute atomic E-state index is 12.5. The van der Waals surface area contributed by atoms with Gasteiger partial charge in [0.05, 0.1) is 30.4 Å². The van der Waals surface area contributed by atoms with E-state index in [4.69, 9.17) is 0 Å². The van der Waals surface area contributed by atoms with Crippen LogP contribution in [0.2, 0.25) is 0 Å². The zero-order valence-electron chi connectivity index (χ0n) is 16.2. The lowest BCUT2D eigenvalue weighted by Gasteiger charge is -2.34. The summed E-state index contributed by atoms with van der Waals surface area (Å²) in [5.74, 6) is 1.27. The van der Waals surface area contributed by atoms with Crippen molar-refractivity contribution in [3.8, 4) is 0 Å². The van der Waals surface area contributed by atoms with E-state index in [9.17, 15) is 9.59 Å². The second-order valence-electron chi connectivity index (χ2n) is 7.42. The van der Waals surface area contributed by atoms with Gasteiger partial charge in [0.15, 0.2) is 0 Å². The second kappa shape index (κ2) is 8.33. The normalized spacial score (nSPS) is 16.3. The van der Waals surface area contributed by atoms with Crippen LogP contribution >= 0.6 is 0 Å². The first-order valence-corrected chi connectivity index (χ1v) is 9.46. The van der Waals surface area contributed by atoms with Crippen molar-refractivity contribution in [2.45, 2.75) is 52.7 Å². The molecule has 0 bridgehead atoms. The molecule has 1 atom stereocenters. The van der Waals surface area contributed by atoms with E-state index in [1.807, 2.05) is 36.2 Å². The number of imidazole rings is 1. The zero-order chi connectivity index (χ0) is 19.4. The summed E-state index contributed by atoms with van der Waals surface area (Å²) in [6.45, 7) is 7.90. The summed E-state index contributed by atoms with van der Waals surface area (Å²) < 4.78 is 2.06. The number of rotatable bonds is 6. The van der Waals surface area contributed by atoms with Gasteiger partial charge in [0.25, 0.3) is 0 Å². The van der Waals surface area contributed by atoms with Gasteiger partial charge in [0.2, 0.25) is 11.8 Å². The van der Waals surface area contributed by atoms with E-state index in [2.05, 4.69) is 33.7 Å². The Kier molecular flexibility index (Phi) is 5.88. The lowest BCUT2D eigenvalue weighted by Crippen LogP contribution is -2.41. The van der Waals surface area contributed by atoms with Crippen LogP contribution in [0.25, 0.3) is 0 Å². The number of aromatic nitrogens is 3. The number of carbonyl (C=O) groups excluding carboxylic acids is 2. The first kappa shape index (κ1) is 19.1. The van der Waals surface area contributed by atoms with Gasteiger partial charge in [-0.1, -0.05) is 19.9 Å². The molecule has 0 spiro atoms. The van der Waals surface area contributed by atoms with Crippen LogP contribution in [0, 0.1) is 5.92 Å². The van der Waals surface area contributed by atoms with Crippen LogP contribution in [0.15, 0.2) is 30.6 Å². The molecule has 2 aromatic heterocycles. The van der Waals surface area contributed by atoms with Crippen molar-refractivity contribution in [3.63, 3.8) is 0 Å². The number of hydrogen-bond acceptors (Lipinski definition) is 4. The van der Waals surface area contributed by atoms with Gasteiger partial charge in [0.1, 0.15) is 5.82 Å². The molecule has 144 valence electrons. The summed E-state index contributed by atoms with van der Waals surface area (Å²) in [5, 5.41) is 2.87. The minimum Gasteiger partial charge on any atom is -0.350 e. The largest absolute Gasteiger partial charge is 0.350 e. The standard InChI is InChI=1S/C20H27N5O2/c1-14(2)10-19(27)25-9-8-24-13-17(23-20(24)15(25)3)11-18(26)22-12-16-6-4-5-7-21-16/h4-7,13-15H,8-12H2,1-3H3,(H,22,26)/t15-/m0/s1. The van der Waals surface area contributed by atoms with E-state index in [0.29, 0.717) is 32.0 Å². The van der Waals surface area contributed by atoms with Crippen LogP contribution in [0.3, 0.4) is 0 Å². The number of nitrogens with zero attached hydrogens (tertiary/aromatic N) is 4. The fourth-order valence-electron chi connectivity index (χ4n) is 3.36. The van der Waals surface area contributed by atoms with Crippen LogP contribution in [-0.4, -0.2) is 37.8 Å². The van der Waals surface area contributed by atoms with E-state index < -0.39 is 0 Å². The summed E-state index contributed by atoms with van der Waals surface area (Å²) in [4.78, 5) is 35.4. The molecule has 0 fully saturated rings. The third-order valence-corrected chi connectivity index (χ3v) is 4.72. The van der Waals surface area contributed by atoms with Crippen molar-refractivity contribution >= 4 is 11.8 Å². The molecule has 7 heteroatoms. The number of fused-ring (bicyclic) bond motifs is 1. The second-order valence-corrected chi connectivity index (χ2v) is 7.42. The lowest BCUT2D eigenvalue weighted by atomic mass is 10.1. The Morgan fingerprint density at radius 3 is 2.78 bits per heavy atom. The third kappa shape index (κ3) is 4.72. The first-order valence-electron chi connectivity index (χ1n) is 9.46. The van der Waals surface area contributed by atoms with Crippen LogP contribution < -0.4 is 5.32 Å². The smallest absolute Gasteiger partial charge is 0.226 e. The highest BCUT2D eigenvalue weighted by atomic mass is 16.2. The van der Waals surface area contributed by atoms with E-state index >= 15 is 0 Å². The molecule has 1 N–H and O–H groups in total. The van der Waals surface area contributed by atoms with Gasteiger partial charge in [0, 0.05) is 31.9 Å². The first-order chi connectivity index (χ1) is 12.9. The van der Waals surface area contributed by atoms with Gasteiger partial charge >= 0.3 is 0 Å².